The van der Waals surface area contributed by atoms with Gasteiger partial charge < -0.3 is 5.32 Å². The summed E-state index contributed by atoms with van der Waals surface area (Å²) in [5, 5.41) is 2.78. The molecule has 0 aromatic heterocycles. The Balaban J connectivity index is 4.41. The van der Waals surface area contributed by atoms with E-state index in [4.69, 9.17) is 0 Å². The molecule has 0 aliphatic rings. The highest BCUT2D eigenvalue weighted by atomic mass is 32.3. The van der Waals surface area contributed by atoms with Crippen LogP contribution in [0.25, 0.3) is 0 Å². The molecule has 0 amide bonds. The van der Waals surface area contributed by atoms with Crippen molar-refractivity contribution in [1.29, 1.82) is 0 Å². The lowest BCUT2D eigenvalue weighted by Gasteiger charge is -2.28. The SMILES string of the molecule is CNC(CS(=O)(=O)F)C(C)(C)C. The van der Waals surface area contributed by atoms with Gasteiger partial charge in [0.25, 0.3) is 0 Å². The largest absolute Gasteiger partial charge is 0.315 e. The number of nitrogens with one attached hydrogen (secondary N) is 1. The van der Waals surface area contributed by atoms with Crippen molar-refractivity contribution >= 4 is 10.2 Å². The Bertz CT molecular complexity index is 230. The summed E-state index contributed by atoms with van der Waals surface area (Å²) in [5.41, 5.74) is -0.256. The maximum Gasteiger partial charge on any atom is 0.303 e. The van der Waals surface area contributed by atoms with Gasteiger partial charge in [-0.25, -0.2) is 0 Å². The summed E-state index contributed by atoms with van der Waals surface area (Å²) < 4.78 is 33.0. The molecule has 1 N–H and O–H groups in total. The summed E-state index contributed by atoms with van der Waals surface area (Å²) >= 11 is 0. The van der Waals surface area contributed by atoms with E-state index in [-0.39, 0.29) is 11.5 Å². The van der Waals surface area contributed by atoms with Crippen LogP contribution in [0.4, 0.5) is 3.89 Å². The van der Waals surface area contributed by atoms with Crippen LogP contribution in [0, 0.1) is 5.41 Å². The van der Waals surface area contributed by atoms with Crippen LogP contribution in [0.2, 0.25) is 0 Å². The van der Waals surface area contributed by atoms with E-state index in [1.54, 1.807) is 7.05 Å². The summed E-state index contributed by atoms with van der Waals surface area (Å²) in [6.07, 6.45) is 0. The second-order valence-corrected chi connectivity index (χ2v) is 5.32. The summed E-state index contributed by atoms with van der Waals surface area (Å²) in [7, 11) is -2.75. The molecule has 5 heteroatoms. The molecule has 0 aliphatic carbocycles. The van der Waals surface area contributed by atoms with Crippen LogP contribution in [-0.4, -0.2) is 27.3 Å². The number of halogens is 1. The first-order valence-electron chi connectivity index (χ1n) is 3.76. The molecule has 0 aromatic rings. The minimum absolute atomic E-state index is 0.256. The smallest absolute Gasteiger partial charge is 0.303 e. The quantitative estimate of drug-likeness (QED) is 0.684. The van der Waals surface area contributed by atoms with Crippen LogP contribution in [0.3, 0.4) is 0 Å². The molecule has 0 rings (SSSR count). The van der Waals surface area contributed by atoms with Gasteiger partial charge >= 0.3 is 10.2 Å². The van der Waals surface area contributed by atoms with Gasteiger partial charge in [0.05, 0.1) is 5.75 Å². The summed E-state index contributed by atoms with van der Waals surface area (Å²) in [6.45, 7) is 5.58. The molecule has 3 nitrogen and oxygen atoms in total. The molecule has 74 valence electrons. The fourth-order valence-corrected chi connectivity index (χ4v) is 2.03. The maximum atomic E-state index is 12.3. The predicted molar refractivity (Wildman–Crippen MR) is 47.2 cm³/mol. The minimum atomic E-state index is -4.38. The molecular weight excluding hydrogens is 181 g/mol. The van der Waals surface area contributed by atoms with Crippen molar-refractivity contribution in [3.8, 4) is 0 Å². The van der Waals surface area contributed by atoms with Crippen molar-refractivity contribution in [3.05, 3.63) is 0 Å². The van der Waals surface area contributed by atoms with E-state index in [2.05, 4.69) is 5.32 Å². The highest BCUT2D eigenvalue weighted by molar-refractivity contribution is 7.86. The third-order valence-corrected chi connectivity index (χ3v) is 2.49. The van der Waals surface area contributed by atoms with E-state index >= 15 is 0 Å². The maximum absolute atomic E-state index is 12.3. The van der Waals surface area contributed by atoms with Gasteiger partial charge in [-0.2, -0.15) is 8.42 Å². The molecule has 0 bridgehead atoms. The van der Waals surface area contributed by atoms with E-state index in [0.717, 1.165) is 0 Å². The summed E-state index contributed by atoms with van der Waals surface area (Å²) in [4.78, 5) is 0. The third-order valence-electron chi connectivity index (χ3n) is 1.76. The topological polar surface area (TPSA) is 46.2 Å². The van der Waals surface area contributed by atoms with Crippen molar-refractivity contribution in [1.82, 2.24) is 5.32 Å². The predicted octanol–water partition coefficient (Wildman–Crippen LogP) is 0.920. The molecule has 0 aliphatic heterocycles. The molecule has 0 saturated carbocycles. The van der Waals surface area contributed by atoms with Gasteiger partial charge in [0, 0.05) is 6.04 Å². The van der Waals surface area contributed by atoms with Crippen LogP contribution in [0.5, 0.6) is 0 Å². The van der Waals surface area contributed by atoms with E-state index in [0.29, 0.717) is 0 Å². The fourth-order valence-electron chi connectivity index (χ4n) is 0.965. The van der Waals surface area contributed by atoms with Gasteiger partial charge in [-0.3, -0.25) is 0 Å². The van der Waals surface area contributed by atoms with Crippen LogP contribution >= 0.6 is 0 Å². The molecule has 1 atom stereocenters. The molecule has 1 unspecified atom stereocenters. The molecule has 12 heavy (non-hydrogen) atoms. The summed E-state index contributed by atoms with van der Waals surface area (Å²) in [6, 6.07) is -0.354. The first-order valence-corrected chi connectivity index (χ1v) is 5.31. The second kappa shape index (κ2) is 3.70. The van der Waals surface area contributed by atoms with Gasteiger partial charge in [0.2, 0.25) is 0 Å². The molecule has 0 heterocycles. The second-order valence-electron chi connectivity index (χ2n) is 3.91. The Labute approximate surface area is 73.6 Å². The van der Waals surface area contributed by atoms with E-state index in [1.165, 1.54) is 0 Å². The highest BCUT2D eigenvalue weighted by Gasteiger charge is 2.27. The fraction of sp³-hybridized carbons (Fsp3) is 1.00. The average molecular weight is 197 g/mol. The van der Waals surface area contributed by atoms with Crippen LogP contribution in [0.1, 0.15) is 20.8 Å². The monoisotopic (exact) mass is 197 g/mol. The lowest BCUT2D eigenvalue weighted by molar-refractivity contribution is 0.300. The van der Waals surface area contributed by atoms with Crippen molar-refractivity contribution in [2.75, 3.05) is 12.8 Å². The summed E-state index contributed by atoms with van der Waals surface area (Å²) in [5.74, 6) is -0.465. The van der Waals surface area contributed by atoms with Crippen LogP contribution < -0.4 is 5.32 Å². The Kier molecular flexibility index (Phi) is 3.65. The molecule has 0 aromatic carbocycles. The normalized spacial score (nSPS) is 16.1. The molecular formula is C7H16FNO2S. The van der Waals surface area contributed by atoms with E-state index in [1.807, 2.05) is 20.8 Å². The Morgan fingerprint density at radius 2 is 1.83 bits per heavy atom. The lowest BCUT2D eigenvalue weighted by atomic mass is 9.88. The van der Waals surface area contributed by atoms with Gasteiger partial charge in [0.15, 0.2) is 0 Å². The average Bonchev–Trinajstić information content (AvgIpc) is 1.78. The lowest BCUT2D eigenvalue weighted by Crippen LogP contribution is -2.42. The third kappa shape index (κ3) is 4.66. The van der Waals surface area contributed by atoms with E-state index < -0.39 is 16.0 Å². The van der Waals surface area contributed by atoms with Crippen molar-refractivity contribution in [2.24, 2.45) is 5.41 Å². The molecule has 0 spiro atoms. The van der Waals surface area contributed by atoms with Gasteiger partial charge in [-0.1, -0.05) is 20.8 Å². The molecule has 0 saturated heterocycles. The molecule has 0 radical (unpaired) electrons. The molecule has 0 fully saturated rings. The Hall–Kier alpha value is -0.160. The van der Waals surface area contributed by atoms with E-state index in [9.17, 15) is 12.3 Å². The number of rotatable bonds is 3. The Morgan fingerprint density at radius 3 is 1.92 bits per heavy atom. The van der Waals surface area contributed by atoms with Gasteiger partial charge in [0.1, 0.15) is 0 Å². The van der Waals surface area contributed by atoms with Gasteiger partial charge in [-0.05, 0) is 12.5 Å². The van der Waals surface area contributed by atoms with Crippen molar-refractivity contribution < 1.29 is 12.3 Å². The first kappa shape index (κ1) is 11.8. The first-order chi connectivity index (χ1) is 5.17. The zero-order valence-corrected chi connectivity index (χ0v) is 8.70. The Morgan fingerprint density at radius 1 is 1.42 bits per heavy atom. The zero-order chi connectivity index (χ0) is 9.99. The number of hydrogen-bond acceptors (Lipinski definition) is 3. The van der Waals surface area contributed by atoms with Crippen molar-refractivity contribution in [2.45, 2.75) is 26.8 Å². The highest BCUT2D eigenvalue weighted by Crippen LogP contribution is 2.20. The van der Waals surface area contributed by atoms with Crippen LogP contribution in [0.15, 0.2) is 0 Å². The zero-order valence-electron chi connectivity index (χ0n) is 7.89. The van der Waals surface area contributed by atoms with Crippen LogP contribution in [-0.2, 0) is 10.2 Å². The van der Waals surface area contributed by atoms with Crippen molar-refractivity contribution in [3.63, 3.8) is 0 Å². The standard InChI is InChI=1S/C7H16FNO2S/c1-7(2,3)6(9-4)5-12(8,10)11/h6,9H,5H2,1-4H3. The van der Waals surface area contributed by atoms with Gasteiger partial charge in [-0.15, -0.1) is 3.89 Å². The minimum Gasteiger partial charge on any atom is -0.315 e. The number of hydrogen-bond donors (Lipinski definition) is 1.